The Morgan fingerprint density at radius 2 is 2.25 bits per heavy atom. The molecule has 0 amide bonds. The van der Waals surface area contributed by atoms with Crippen LogP contribution in [0, 0.1) is 6.92 Å². The van der Waals surface area contributed by atoms with Gasteiger partial charge in [-0.1, -0.05) is 6.07 Å². The molecular weight excluding hydrogens is 398 g/mol. The van der Waals surface area contributed by atoms with Gasteiger partial charge in [0, 0.05) is 24.6 Å². The van der Waals surface area contributed by atoms with Crippen LogP contribution in [0.2, 0.25) is 0 Å². The molecule has 0 spiro atoms. The largest absolute Gasteiger partial charge is 0.377 e. The van der Waals surface area contributed by atoms with E-state index in [1.54, 1.807) is 29.5 Å². The number of aryl methyl sites for hydroxylation is 1. The van der Waals surface area contributed by atoms with Crippen LogP contribution in [0.1, 0.15) is 23.3 Å². The first kappa shape index (κ1) is 19.2. The highest BCUT2D eigenvalue weighted by Gasteiger charge is 2.30. The molecule has 1 saturated heterocycles. The van der Waals surface area contributed by atoms with Gasteiger partial charge in [0.1, 0.15) is 6.33 Å². The van der Waals surface area contributed by atoms with Crippen LogP contribution in [0.25, 0.3) is 5.69 Å². The number of tetrazole rings is 1. The number of hydrogen-bond donors (Lipinski definition) is 0. The number of sulfonamides is 1. The summed E-state index contributed by atoms with van der Waals surface area (Å²) in [5.74, 6) is 0. The van der Waals surface area contributed by atoms with E-state index in [1.807, 2.05) is 24.4 Å². The van der Waals surface area contributed by atoms with Gasteiger partial charge in [-0.3, -0.25) is 0 Å². The van der Waals surface area contributed by atoms with Crippen LogP contribution < -0.4 is 0 Å². The zero-order valence-corrected chi connectivity index (χ0v) is 17.1. The van der Waals surface area contributed by atoms with Crippen LogP contribution in [0.5, 0.6) is 0 Å². The molecule has 10 heteroatoms. The minimum absolute atomic E-state index is 0.0590. The van der Waals surface area contributed by atoms with Gasteiger partial charge in [-0.2, -0.15) is 4.31 Å². The monoisotopic (exact) mass is 419 g/mol. The molecule has 1 aliphatic heterocycles. The smallest absolute Gasteiger partial charge is 0.243 e. The summed E-state index contributed by atoms with van der Waals surface area (Å²) in [5, 5.41) is 13.1. The molecule has 1 aliphatic rings. The predicted octanol–water partition coefficient (Wildman–Crippen LogP) is 2.40. The first-order valence-corrected chi connectivity index (χ1v) is 11.3. The van der Waals surface area contributed by atoms with Crippen LogP contribution in [-0.2, 0) is 21.3 Å². The molecule has 0 N–H and O–H groups in total. The summed E-state index contributed by atoms with van der Waals surface area (Å²) in [5.41, 5.74) is 1.52. The van der Waals surface area contributed by atoms with E-state index in [0.29, 0.717) is 19.7 Å². The summed E-state index contributed by atoms with van der Waals surface area (Å²) in [6, 6.07) is 8.89. The third-order valence-electron chi connectivity index (χ3n) is 4.75. The molecule has 1 fully saturated rings. The Labute approximate surface area is 167 Å². The highest BCUT2D eigenvalue weighted by atomic mass is 32.2. The Balaban J connectivity index is 1.64. The zero-order valence-electron chi connectivity index (χ0n) is 15.4. The molecule has 28 heavy (non-hydrogen) atoms. The number of rotatable bonds is 7. The number of thiophene rings is 1. The van der Waals surface area contributed by atoms with Crippen molar-refractivity contribution in [3.63, 3.8) is 0 Å². The quantitative estimate of drug-likeness (QED) is 0.584. The highest BCUT2D eigenvalue weighted by Crippen LogP contribution is 2.25. The minimum Gasteiger partial charge on any atom is -0.377 e. The van der Waals surface area contributed by atoms with Gasteiger partial charge < -0.3 is 4.74 Å². The molecule has 1 aromatic carbocycles. The highest BCUT2D eigenvalue weighted by molar-refractivity contribution is 7.89. The molecule has 0 saturated carbocycles. The van der Waals surface area contributed by atoms with Crippen LogP contribution in [0.15, 0.2) is 46.9 Å². The molecule has 1 unspecified atom stereocenters. The average Bonchev–Trinajstić information content (AvgIpc) is 3.44. The fourth-order valence-electron chi connectivity index (χ4n) is 3.31. The van der Waals surface area contributed by atoms with E-state index < -0.39 is 10.0 Å². The molecule has 148 valence electrons. The third-order valence-corrected chi connectivity index (χ3v) is 7.41. The summed E-state index contributed by atoms with van der Waals surface area (Å²) in [6.45, 7) is 3.23. The number of benzene rings is 1. The molecule has 0 aliphatic carbocycles. The first-order chi connectivity index (χ1) is 13.5. The minimum atomic E-state index is -3.67. The normalized spacial score (nSPS) is 17.4. The summed E-state index contributed by atoms with van der Waals surface area (Å²) < 4.78 is 35.6. The maximum atomic E-state index is 13.4. The topological polar surface area (TPSA) is 90.2 Å². The summed E-state index contributed by atoms with van der Waals surface area (Å²) in [6.07, 6.45) is 3.28. The van der Waals surface area contributed by atoms with Crippen molar-refractivity contribution in [1.82, 2.24) is 24.5 Å². The van der Waals surface area contributed by atoms with Crippen LogP contribution >= 0.6 is 11.3 Å². The molecule has 3 heterocycles. The molecule has 2 aromatic heterocycles. The fraction of sp³-hybridized carbons (Fsp3) is 0.389. The van der Waals surface area contributed by atoms with Gasteiger partial charge >= 0.3 is 0 Å². The van der Waals surface area contributed by atoms with E-state index >= 15 is 0 Å². The van der Waals surface area contributed by atoms with E-state index in [4.69, 9.17) is 4.74 Å². The van der Waals surface area contributed by atoms with Crippen molar-refractivity contribution >= 4 is 21.4 Å². The van der Waals surface area contributed by atoms with Crippen LogP contribution in [0.3, 0.4) is 0 Å². The van der Waals surface area contributed by atoms with Crippen molar-refractivity contribution in [2.45, 2.75) is 37.3 Å². The lowest BCUT2D eigenvalue weighted by atomic mass is 10.2. The Morgan fingerprint density at radius 1 is 1.36 bits per heavy atom. The first-order valence-electron chi connectivity index (χ1n) is 9.02. The van der Waals surface area contributed by atoms with Gasteiger partial charge in [-0.25, -0.2) is 13.1 Å². The second kappa shape index (κ2) is 8.08. The number of nitrogens with zero attached hydrogens (tertiary/aromatic N) is 5. The summed E-state index contributed by atoms with van der Waals surface area (Å²) >= 11 is 1.55. The zero-order chi connectivity index (χ0) is 19.6. The summed E-state index contributed by atoms with van der Waals surface area (Å²) in [7, 11) is -3.67. The van der Waals surface area contributed by atoms with Gasteiger partial charge in [-0.15, -0.1) is 16.4 Å². The van der Waals surface area contributed by atoms with Crippen LogP contribution in [-0.4, -0.2) is 52.2 Å². The van der Waals surface area contributed by atoms with E-state index in [-0.39, 0.29) is 11.0 Å². The van der Waals surface area contributed by atoms with E-state index in [1.165, 1.54) is 15.3 Å². The Morgan fingerprint density at radius 3 is 2.89 bits per heavy atom. The van der Waals surface area contributed by atoms with E-state index in [0.717, 1.165) is 29.0 Å². The van der Waals surface area contributed by atoms with Gasteiger partial charge in [-0.05, 0) is 65.4 Å². The van der Waals surface area contributed by atoms with Crippen molar-refractivity contribution in [3.8, 4) is 5.69 Å². The predicted molar refractivity (Wildman–Crippen MR) is 105 cm³/mol. The van der Waals surface area contributed by atoms with E-state index in [2.05, 4.69) is 15.5 Å². The molecule has 4 rings (SSSR count). The third kappa shape index (κ3) is 4.00. The van der Waals surface area contributed by atoms with Crippen molar-refractivity contribution < 1.29 is 13.2 Å². The SMILES string of the molecule is Cc1cc(S(=O)(=O)N(Cc2cccs2)CC2CCCO2)ccc1-n1cnnn1. The van der Waals surface area contributed by atoms with Crippen molar-refractivity contribution in [1.29, 1.82) is 0 Å². The molecule has 0 bridgehead atoms. The van der Waals surface area contributed by atoms with Crippen molar-refractivity contribution in [3.05, 3.63) is 52.5 Å². The lowest BCUT2D eigenvalue weighted by molar-refractivity contribution is 0.0927. The Hall–Kier alpha value is -2.14. The lowest BCUT2D eigenvalue weighted by Gasteiger charge is -2.25. The molecule has 1 atom stereocenters. The number of hydrogen-bond acceptors (Lipinski definition) is 7. The maximum absolute atomic E-state index is 13.4. The van der Waals surface area contributed by atoms with Gasteiger partial charge in [0.05, 0.1) is 16.7 Å². The Bertz CT molecular complexity index is 1010. The number of ether oxygens (including phenoxy) is 1. The van der Waals surface area contributed by atoms with E-state index in [9.17, 15) is 8.42 Å². The fourth-order valence-corrected chi connectivity index (χ4v) is 5.64. The van der Waals surface area contributed by atoms with Crippen molar-refractivity contribution in [2.75, 3.05) is 13.2 Å². The average molecular weight is 420 g/mol. The maximum Gasteiger partial charge on any atom is 0.243 e. The lowest BCUT2D eigenvalue weighted by Crippen LogP contribution is -2.36. The molecule has 3 aromatic rings. The molecule has 8 nitrogen and oxygen atoms in total. The molecular formula is C18H21N5O3S2. The van der Waals surface area contributed by atoms with Gasteiger partial charge in [0.15, 0.2) is 0 Å². The summed E-state index contributed by atoms with van der Waals surface area (Å²) in [4.78, 5) is 1.26. The van der Waals surface area contributed by atoms with Crippen molar-refractivity contribution in [2.24, 2.45) is 0 Å². The van der Waals surface area contributed by atoms with Gasteiger partial charge in [0.2, 0.25) is 10.0 Å². The Kier molecular flexibility index (Phi) is 5.54. The second-order valence-electron chi connectivity index (χ2n) is 6.71. The number of aromatic nitrogens is 4. The van der Waals surface area contributed by atoms with Gasteiger partial charge in [0.25, 0.3) is 0 Å². The molecule has 0 radical (unpaired) electrons. The second-order valence-corrected chi connectivity index (χ2v) is 9.68. The standard InChI is InChI=1S/C18H21N5O3S2/c1-14-10-17(6-7-18(14)23-13-19-20-21-23)28(24,25)22(11-15-4-2-8-26-15)12-16-5-3-9-27-16/h3,5-7,9-10,13,15H,2,4,8,11-12H2,1H3. The van der Waals surface area contributed by atoms with Crippen LogP contribution in [0.4, 0.5) is 0 Å².